The van der Waals surface area contributed by atoms with Crippen LogP contribution in [0.1, 0.15) is 11.7 Å². The second-order valence-electron chi connectivity index (χ2n) is 3.28. The van der Waals surface area contributed by atoms with E-state index in [1.165, 1.54) is 12.3 Å². The molecule has 0 saturated heterocycles. The van der Waals surface area contributed by atoms with Crippen molar-refractivity contribution in [3.05, 3.63) is 48.2 Å². The first-order valence-electron chi connectivity index (χ1n) is 4.52. The van der Waals surface area contributed by atoms with Gasteiger partial charge >= 0.3 is 0 Å². The fraction of sp³-hybridized carbons (Fsp3) is 0.273. The average molecular weight is 192 g/mol. The average Bonchev–Trinajstić information content (AvgIpc) is 2.23. The quantitative estimate of drug-likeness (QED) is 0.697. The molecule has 3 heteroatoms. The maximum Gasteiger partial charge on any atom is 0.151 e. The summed E-state index contributed by atoms with van der Waals surface area (Å²) in [6.07, 6.45) is 0.631. The lowest BCUT2D eigenvalue weighted by atomic mass is 9.99. The van der Waals surface area contributed by atoms with Gasteiger partial charge in [0, 0.05) is 0 Å². The Balaban J connectivity index is 2.23. The molecular formula is C11H12O3. The maximum atomic E-state index is 9.66. The van der Waals surface area contributed by atoms with E-state index >= 15 is 0 Å². The molecule has 0 aromatic heterocycles. The SMILES string of the molecule is OC1C=COC(c2ccccc2)C1O. The molecule has 0 spiro atoms. The summed E-state index contributed by atoms with van der Waals surface area (Å²) in [6, 6.07) is 9.36. The van der Waals surface area contributed by atoms with E-state index in [0.29, 0.717) is 0 Å². The van der Waals surface area contributed by atoms with Gasteiger partial charge in [-0.2, -0.15) is 0 Å². The van der Waals surface area contributed by atoms with E-state index in [0.717, 1.165) is 5.56 Å². The van der Waals surface area contributed by atoms with E-state index in [4.69, 9.17) is 4.74 Å². The highest BCUT2D eigenvalue weighted by Crippen LogP contribution is 2.26. The molecule has 0 fully saturated rings. The Morgan fingerprint density at radius 3 is 2.50 bits per heavy atom. The summed E-state index contributed by atoms with van der Waals surface area (Å²) in [4.78, 5) is 0. The number of hydrogen-bond donors (Lipinski definition) is 2. The van der Waals surface area contributed by atoms with Gasteiger partial charge in [0.05, 0.1) is 6.26 Å². The number of rotatable bonds is 1. The number of hydrogen-bond acceptors (Lipinski definition) is 3. The van der Waals surface area contributed by atoms with Crippen LogP contribution in [0.2, 0.25) is 0 Å². The van der Waals surface area contributed by atoms with Crippen molar-refractivity contribution in [3.63, 3.8) is 0 Å². The largest absolute Gasteiger partial charge is 0.491 e. The number of aliphatic hydroxyl groups is 2. The van der Waals surface area contributed by atoms with E-state index in [-0.39, 0.29) is 0 Å². The minimum absolute atomic E-state index is 0.476. The first kappa shape index (κ1) is 9.24. The van der Waals surface area contributed by atoms with E-state index in [9.17, 15) is 10.2 Å². The highest BCUT2D eigenvalue weighted by molar-refractivity contribution is 5.20. The van der Waals surface area contributed by atoms with Gasteiger partial charge in [-0.05, 0) is 11.6 Å². The van der Waals surface area contributed by atoms with Crippen LogP contribution in [0.15, 0.2) is 42.7 Å². The molecule has 3 unspecified atom stereocenters. The molecule has 1 aromatic rings. The Labute approximate surface area is 82.3 Å². The van der Waals surface area contributed by atoms with Gasteiger partial charge in [-0.1, -0.05) is 30.3 Å². The summed E-state index contributed by atoms with van der Waals surface area (Å²) in [5.74, 6) is 0. The van der Waals surface area contributed by atoms with Gasteiger partial charge in [-0.3, -0.25) is 0 Å². The monoisotopic (exact) mass is 192 g/mol. The van der Waals surface area contributed by atoms with Gasteiger partial charge in [-0.25, -0.2) is 0 Å². The smallest absolute Gasteiger partial charge is 0.151 e. The van der Waals surface area contributed by atoms with E-state index < -0.39 is 18.3 Å². The van der Waals surface area contributed by atoms with Crippen molar-refractivity contribution in [2.45, 2.75) is 18.3 Å². The summed E-state index contributed by atoms with van der Waals surface area (Å²) in [7, 11) is 0. The standard InChI is InChI=1S/C11H12O3/c12-9-6-7-14-11(10(9)13)8-4-2-1-3-5-8/h1-7,9-13H. The maximum absolute atomic E-state index is 9.66. The molecule has 2 N–H and O–H groups in total. The Morgan fingerprint density at radius 2 is 1.79 bits per heavy atom. The Morgan fingerprint density at radius 1 is 1.07 bits per heavy atom. The number of aliphatic hydroxyl groups excluding tert-OH is 2. The second kappa shape index (κ2) is 3.82. The lowest BCUT2D eigenvalue weighted by molar-refractivity contribution is -0.0643. The van der Waals surface area contributed by atoms with Crippen LogP contribution in [0.3, 0.4) is 0 Å². The van der Waals surface area contributed by atoms with Gasteiger partial charge in [0.2, 0.25) is 0 Å². The van der Waals surface area contributed by atoms with Crippen LogP contribution in [-0.4, -0.2) is 22.4 Å². The van der Waals surface area contributed by atoms with Crippen LogP contribution >= 0.6 is 0 Å². The van der Waals surface area contributed by atoms with Crippen LogP contribution in [-0.2, 0) is 4.74 Å². The number of ether oxygens (including phenoxy) is 1. The minimum atomic E-state index is -0.901. The molecule has 3 nitrogen and oxygen atoms in total. The Bertz CT molecular complexity index is 321. The molecule has 74 valence electrons. The zero-order valence-corrected chi connectivity index (χ0v) is 7.58. The van der Waals surface area contributed by atoms with Crippen molar-refractivity contribution in [1.82, 2.24) is 0 Å². The fourth-order valence-corrected chi connectivity index (χ4v) is 1.50. The predicted octanol–water partition coefficient (Wildman–Crippen LogP) is 0.993. The third-order valence-corrected chi connectivity index (χ3v) is 2.29. The van der Waals surface area contributed by atoms with E-state index in [1.807, 2.05) is 30.3 Å². The first-order chi connectivity index (χ1) is 6.79. The third-order valence-electron chi connectivity index (χ3n) is 2.29. The molecule has 1 aromatic carbocycles. The highest BCUT2D eigenvalue weighted by Gasteiger charge is 2.29. The van der Waals surface area contributed by atoms with Crippen molar-refractivity contribution >= 4 is 0 Å². The molecule has 0 radical (unpaired) electrons. The normalized spacial score (nSPS) is 31.1. The minimum Gasteiger partial charge on any atom is -0.491 e. The molecule has 0 amide bonds. The molecule has 0 saturated carbocycles. The lowest BCUT2D eigenvalue weighted by Crippen LogP contribution is -2.34. The lowest BCUT2D eigenvalue weighted by Gasteiger charge is -2.28. The molecule has 0 aliphatic carbocycles. The summed E-state index contributed by atoms with van der Waals surface area (Å²) in [5.41, 5.74) is 0.864. The molecule has 1 aliphatic rings. The summed E-state index contributed by atoms with van der Waals surface area (Å²) >= 11 is 0. The molecule has 3 atom stereocenters. The molecule has 14 heavy (non-hydrogen) atoms. The van der Waals surface area contributed by atoms with Gasteiger partial charge < -0.3 is 14.9 Å². The molecule has 1 heterocycles. The summed E-state index contributed by atoms with van der Waals surface area (Å²) < 4.78 is 5.26. The zero-order valence-electron chi connectivity index (χ0n) is 7.58. The Hall–Kier alpha value is -1.32. The number of benzene rings is 1. The first-order valence-corrected chi connectivity index (χ1v) is 4.52. The third kappa shape index (κ3) is 1.64. The van der Waals surface area contributed by atoms with Gasteiger partial charge in [0.1, 0.15) is 12.2 Å². The predicted molar refractivity (Wildman–Crippen MR) is 51.4 cm³/mol. The molecule has 1 aliphatic heterocycles. The van der Waals surface area contributed by atoms with E-state index in [1.54, 1.807) is 0 Å². The highest BCUT2D eigenvalue weighted by atomic mass is 16.5. The zero-order chi connectivity index (χ0) is 9.97. The van der Waals surface area contributed by atoms with Gasteiger partial charge in [0.15, 0.2) is 6.10 Å². The van der Waals surface area contributed by atoms with Crippen LogP contribution in [0.5, 0.6) is 0 Å². The van der Waals surface area contributed by atoms with Crippen molar-refractivity contribution in [3.8, 4) is 0 Å². The molecular weight excluding hydrogens is 180 g/mol. The van der Waals surface area contributed by atoms with Crippen LogP contribution in [0, 0.1) is 0 Å². The summed E-state index contributed by atoms with van der Waals surface area (Å²) in [5, 5.41) is 19.1. The van der Waals surface area contributed by atoms with Crippen LogP contribution in [0.25, 0.3) is 0 Å². The molecule has 0 bridgehead atoms. The van der Waals surface area contributed by atoms with Crippen molar-refractivity contribution in [2.75, 3.05) is 0 Å². The Kier molecular flexibility index (Phi) is 2.52. The second-order valence-corrected chi connectivity index (χ2v) is 3.28. The van der Waals surface area contributed by atoms with Crippen molar-refractivity contribution in [2.24, 2.45) is 0 Å². The van der Waals surface area contributed by atoms with Crippen molar-refractivity contribution < 1.29 is 14.9 Å². The fourth-order valence-electron chi connectivity index (χ4n) is 1.50. The van der Waals surface area contributed by atoms with Gasteiger partial charge in [0.25, 0.3) is 0 Å². The topological polar surface area (TPSA) is 49.7 Å². The van der Waals surface area contributed by atoms with E-state index in [2.05, 4.69) is 0 Å². The van der Waals surface area contributed by atoms with Crippen LogP contribution in [0.4, 0.5) is 0 Å². The van der Waals surface area contributed by atoms with Gasteiger partial charge in [-0.15, -0.1) is 0 Å². The molecule has 2 rings (SSSR count). The summed E-state index contributed by atoms with van der Waals surface area (Å²) in [6.45, 7) is 0. The van der Waals surface area contributed by atoms with Crippen LogP contribution < -0.4 is 0 Å². The van der Waals surface area contributed by atoms with Crippen molar-refractivity contribution in [1.29, 1.82) is 0 Å².